The molecule has 1 amide bonds. The van der Waals surface area contributed by atoms with E-state index in [1.165, 1.54) is 24.3 Å². The fourth-order valence-corrected chi connectivity index (χ4v) is 2.24. The topological polar surface area (TPSA) is 113 Å². The monoisotopic (exact) mass is 301 g/mol. The Labute approximate surface area is 121 Å². The van der Waals surface area contributed by atoms with Crippen molar-refractivity contribution >= 4 is 21.6 Å². The van der Waals surface area contributed by atoms with Gasteiger partial charge in [0.15, 0.2) is 0 Å². The number of anilines is 1. The van der Waals surface area contributed by atoms with Crippen LogP contribution in [-0.4, -0.2) is 14.3 Å². The van der Waals surface area contributed by atoms with E-state index in [0.717, 1.165) is 0 Å². The van der Waals surface area contributed by atoms with Crippen molar-refractivity contribution in [2.75, 3.05) is 5.32 Å². The summed E-state index contributed by atoms with van der Waals surface area (Å²) in [7, 11) is -3.83. The number of nitrogens with one attached hydrogen (secondary N) is 1. The van der Waals surface area contributed by atoms with E-state index in [1.54, 1.807) is 24.3 Å². The number of sulfonamides is 1. The normalized spacial score (nSPS) is 10.7. The van der Waals surface area contributed by atoms with Gasteiger partial charge in [0.2, 0.25) is 10.0 Å². The molecule has 0 fully saturated rings. The van der Waals surface area contributed by atoms with Crippen LogP contribution in [0.5, 0.6) is 0 Å². The smallest absolute Gasteiger partial charge is 0.255 e. The highest BCUT2D eigenvalue weighted by molar-refractivity contribution is 7.89. The molecule has 106 valence electrons. The molecule has 0 aliphatic carbocycles. The van der Waals surface area contributed by atoms with E-state index in [0.29, 0.717) is 16.8 Å². The molecular weight excluding hydrogens is 290 g/mol. The van der Waals surface area contributed by atoms with Gasteiger partial charge in [0, 0.05) is 11.3 Å². The van der Waals surface area contributed by atoms with Gasteiger partial charge >= 0.3 is 0 Å². The lowest BCUT2D eigenvalue weighted by atomic mass is 10.1. The van der Waals surface area contributed by atoms with Gasteiger partial charge < -0.3 is 5.32 Å². The van der Waals surface area contributed by atoms with Crippen LogP contribution in [0.2, 0.25) is 0 Å². The summed E-state index contributed by atoms with van der Waals surface area (Å²) in [6, 6.07) is 13.7. The Morgan fingerprint density at radius 2 is 1.86 bits per heavy atom. The summed E-state index contributed by atoms with van der Waals surface area (Å²) < 4.78 is 22.5. The summed E-state index contributed by atoms with van der Waals surface area (Å²) in [5.41, 5.74) is 0.963. The average molecular weight is 301 g/mol. The maximum atomic E-state index is 12.0. The lowest BCUT2D eigenvalue weighted by Crippen LogP contribution is -2.14. The second kappa shape index (κ2) is 5.75. The van der Waals surface area contributed by atoms with Gasteiger partial charge in [-0.3, -0.25) is 4.79 Å². The lowest BCUT2D eigenvalue weighted by Gasteiger charge is -2.07. The van der Waals surface area contributed by atoms with Crippen LogP contribution in [-0.2, 0) is 10.0 Å². The molecule has 0 aromatic heterocycles. The number of nitrogens with two attached hydrogens (primary N) is 1. The van der Waals surface area contributed by atoms with Crippen molar-refractivity contribution in [2.24, 2.45) is 5.14 Å². The van der Waals surface area contributed by atoms with Crippen LogP contribution >= 0.6 is 0 Å². The maximum absolute atomic E-state index is 12.0. The first-order chi connectivity index (χ1) is 9.90. The maximum Gasteiger partial charge on any atom is 0.255 e. The molecule has 21 heavy (non-hydrogen) atoms. The van der Waals surface area contributed by atoms with Crippen molar-refractivity contribution < 1.29 is 13.2 Å². The highest BCUT2D eigenvalue weighted by Crippen LogP contribution is 2.15. The van der Waals surface area contributed by atoms with Gasteiger partial charge in [-0.05, 0) is 36.4 Å². The first-order valence-corrected chi connectivity index (χ1v) is 7.39. The molecule has 0 atom stereocenters. The molecule has 2 aromatic carbocycles. The minimum atomic E-state index is -3.83. The van der Waals surface area contributed by atoms with Crippen LogP contribution in [0.15, 0.2) is 53.4 Å². The van der Waals surface area contributed by atoms with Gasteiger partial charge in [-0.1, -0.05) is 12.1 Å². The Kier molecular flexibility index (Phi) is 4.03. The molecule has 0 unspecified atom stereocenters. The number of hydrogen-bond donors (Lipinski definition) is 2. The number of nitriles is 1. The predicted octanol–water partition coefficient (Wildman–Crippen LogP) is 1.46. The number of amides is 1. The molecule has 0 saturated carbocycles. The molecule has 2 rings (SSSR count). The third-order valence-corrected chi connectivity index (χ3v) is 3.59. The van der Waals surface area contributed by atoms with Gasteiger partial charge in [-0.2, -0.15) is 5.26 Å². The average Bonchev–Trinajstić information content (AvgIpc) is 2.46. The summed E-state index contributed by atoms with van der Waals surface area (Å²) in [5.74, 6) is -0.446. The zero-order chi connectivity index (χ0) is 15.5. The molecule has 7 heteroatoms. The molecule has 0 heterocycles. The number of primary sulfonamides is 1. The Bertz CT molecular complexity index is 839. The van der Waals surface area contributed by atoms with E-state index >= 15 is 0 Å². The molecule has 0 radical (unpaired) electrons. The van der Waals surface area contributed by atoms with Gasteiger partial charge in [-0.15, -0.1) is 0 Å². The van der Waals surface area contributed by atoms with Crippen molar-refractivity contribution in [1.82, 2.24) is 0 Å². The molecule has 0 bridgehead atoms. The summed E-state index contributed by atoms with van der Waals surface area (Å²) in [5, 5.41) is 16.4. The quantitative estimate of drug-likeness (QED) is 0.893. The van der Waals surface area contributed by atoms with Gasteiger partial charge in [-0.25, -0.2) is 13.6 Å². The van der Waals surface area contributed by atoms with E-state index in [1.807, 2.05) is 6.07 Å². The molecule has 0 saturated heterocycles. The van der Waals surface area contributed by atoms with E-state index < -0.39 is 15.9 Å². The van der Waals surface area contributed by atoms with Crippen molar-refractivity contribution in [3.05, 3.63) is 59.7 Å². The van der Waals surface area contributed by atoms with Crippen molar-refractivity contribution in [2.45, 2.75) is 4.90 Å². The van der Waals surface area contributed by atoms with Crippen LogP contribution < -0.4 is 10.5 Å². The zero-order valence-electron chi connectivity index (χ0n) is 10.8. The lowest BCUT2D eigenvalue weighted by molar-refractivity contribution is 0.102. The number of nitrogens with zero attached hydrogens (tertiary/aromatic N) is 1. The Balaban J connectivity index is 2.26. The number of benzene rings is 2. The fourth-order valence-electron chi connectivity index (χ4n) is 1.68. The Hall–Kier alpha value is -2.69. The second-order valence-corrected chi connectivity index (χ2v) is 5.78. The third-order valence-electron chi connectivity index (χ3n) is 2.67. The van der Waals surface area contributed by atoms with Crippen LogP contribution in [0.1, 0.15) is 15.9 Å². The highest BCUT2D eigenvalue weighted by atomic mass is 32.2. The van der Waals surface area contributed by atoms with Crippen molar-refractivity contribution in [3.63, 3.8) is 0 Å². The number of rotatable bonds is 3. The minimum absolute atomic E-state index is 0.0916. The highest BCUT2D eigenvalue weighted by Gasteiger charge is 2.10. The fraction of sp³-hybridized carbons (Fsp3) is 0. The van der Waals surface area contributed by atoms with Crippen LogP contribution in [0.3, 0.4) is 0 Å². The van der Waals surface area contributed by atoms with Crippen LogP contribution in [0.4, 0.5) is 5.69 Å². The zero-order valence-corrected chi connectivity index (χ0v) is 11.6. The van der Waals surface area contributed by atoms with E-state index in [2.05, 4.69) is 5.32 Å². The molecule has 3 N–H and O–H groups in total. The molecule has 0 aliphatic rings. The van der Waals surface area contributed by atoms with Crippen LogP contribution in [0, 0.1) is 11.3 Å². The second-order valence-electron chi connectivity index (χ2n) is 4.22. The predicted molar refractivity (Wildman–Crippen MR) is 76.9 cm³/mol. The molecular formula is C14H11N3O3S. The van der Waals surface area contributed by atoms with Crippen LogP contribution in [0.25, 0.3) is 0 Å². The minimum Gasteiger partial charge on any atom is -0.322 e. The van der Waals surface area contributed by atoms with E-state index in [-0.39, 0.29) is 4.90 Å². The molecule has 0 aliphatic heterocycles. The largest absolute Gasteiger partial charge is 0.322 e. The summed E-state index contributed by atoms with van der Waals surface area (Å²) in [4.78, 5) is 12.0. The molecule has 6 nitrogen and oxygen atoms in total. The summed E-state index contributed by atoms with van der Waals surface area (Å²) in [6.07, 6.45) is 0. The van der Waals surface area contributed by atoms with E-state index in [9.17, 15) is 13.2 Å². The first-order valence-electron chi connectivity index (χ1n) is 5.84. The Morgan fingerprint density at radius 1 is 1.14 bits per heavy atom. The number of carbonyl (C=O) groups is 1. The number of carbonyl (C=O) groups excluding carboxylic acids is 1. The third kappa shape index (κ3) is 3.66. The Morgan fingerprint density at radius 3 is 2.52 bits per heavy atom. The van der Waals surface area contributed by atoms with E-state index in [4.69, 9.17) is 10.4 Å². The van der Waals surface area contributed by atoms with Gasteiger partial charge in [0.05, 0.1) is 16.5 Å². The molecule has 0 spiro atoms. The molecule has 2 aromatic rings. The van der Waals surface area contributed by atoms with Gasteiger partial charge in [0.25, 0.3) is 5.91 Å². The summed E-state index contributed by atoms with van der Waals surface area (Å²) in [6.45, 7) is 0. The number of hydrogen-bond acceptors (Lipinski definition) is 4. The van der Waals surface area contributed by atoms with Crippen molar-refractivity contribution in [3.8, 4) is 6.07 Å². The first kappa shape index (κ1) is 14.7. The summed E-state index contributed by atoms with van der Waals surface area (Å²) >= 11 is 0. The van der Waals surface area contributed by atoms with Gasteiger partial charge in [0.1, 0.15) is 0 Å². The SMILES string of the molecule is N#Cc1cccc(C(=O)Nc2cccc(S(N)(=O)=O)c2)c1. The standard InChI is InChI=1S/C14H11N3O3S/c15-9-10-3-1-4-11(7-10)14(18)17-12-5-2-6-13(8-12)21(16,19)20/h1-8H,(H,17,18)(H2,16,19,20). The van der Waals surface area contributed by atoms with Crippen molar-refractivity contribution in [1.29, 1.82) is 5.26 Å².